The Morgan fingerprint density at radius 3 is 2.69 bits per heavy atom. The van der Waals surface area contributed by atoms with E-state index in [2.05, 4.69) is 4.98 Å². The topological polar surface area (TPSA) is 115 Å². The molecule has 0 aliphatic heterocycles. The van der Waals surface area contributed by atoms with E-state index in [-0.39, 0.29) is 30.2 Å². The third-order valence-electron chi connectivity index (χ3n) is 3.23. The Morgan fingerprint density at radius 1 is 1.35 bits per heavy atom. The molecule has 0 N–H and O–H groups in total. The Labute approximate surface area is 149 Å². The van der Waals surface area contributed by atoms with Crippen molar-refractivity contribution in [3.05, 3.63) is 63.5 Å². The van der Waals surface area contributed by atoms with Crippen LogP contribution in [0, 0.1) is 21.4 Å². The van der Waals surface area contributed by atoms with Crippen LogP contribution in [0.25, 0.3) is 12.2 Å². The highest BCUT2D eigenvalue weighted by Gasteiger charge is 2.17. The molecule has 0 aliphatic rings. The Kier molecular flexibility index (Phi) is 6.40. The van der Waals surface area contributed by atoms with Gasteiger partial charge in [-0.3, -0.25) is 10.1 Å². The van der Waals surface area contributed by atoms with E-state index in [0.717, 1.165) is 17.8 Å². The molecule has 132 valence electrons. The lowest BCUT2D eigenvalue weighted by Gasteiger charge is -2.05. The number of ether oxygens (including phenoxy) is 2. The highest BCUT2D eigenvalue weighted by Crippen LogP contribution is 2.19. The monoisotopic (exact) mass is 353 g/mol. The van der Waals surface area contributed by atoms with Crippen LogP contribution < -0.4 is 4.74 Å². The lowest BCUT2D eigenvalue weighted by Crippen LogP contribution is -2.08. The minimum absolute atomic E-state index is 0.0197. The first-order valence-corrected chi connectivity index (χ1v) is 7.64. The summed E-state index contributed by atoms with van der Waals surface area (Å²) in [4.78, 5) is 26.3. The van der Waals surface area contributed by atoms with Gasteiger partial charge in [-0.2, -0.15) is 5.26 Å². The molecule has 0 saturated heterocycles. The number of hydrogen-bond acceptors (Lipinski definition) is 7. The van der Waals surface area contributed by atoms with Gasteiger partial charge in [0.1, 0.15) is 18.0 Å². The van der Waals surface area contributed by atoms with Crippen LogP contribution in [0.2, 0.25) is 0 Å². The van der Waals surface area contributed by atoms with Gasteiger partial charge in [0, 0.05) is 6.07 Å². The standard InChI is InChI=1S/C18H15N3O5/c1-2-25-18(22)16-11-14(21(23)24)12-20-17(16)8-5-13-3-6-15(7-4-13)26-10-9-19/h3-8,11-12H,2,10H2,1H3/b8-5+. The molecule has 0 amide bonds. The quantitative estimate of drug-likeness (QED) is 0.426. The molecule has 0 atom stereocenters. The number of nitrogens with zero attached hydrogens (tertiary/aromatic N) is 3. The Balaban J connectivity index is 2.27. The Morgan fingerprint density at radius 2 is 2.08 bits per heavy atom. The van der Waals surface area contributed by atoms with Crippen molar-refractivity contribution >= 4 is 23.8 Å². The van der Waals surface area contributed by atoms with Crippen molar-refractivity contribution in [2.24, 2.45) is 0 Å². The first kappa shape index (κ1) is 18.6. The van der Waals surface area contributed by atoms with Crippen LogP contribution in [0.4, 0.5) is 5.69 Å². The molecule has 8 nitrogen and oxygen atoms in total. The molecule has 1 aromatic carbocycles. The predicted octanol–water partition coefficient (Wildman–Crippen LogP) is 3.24. The van der Waals surface area contributed by atoms with Crippen molar-refractivity contribution in [1.82, 2.24) is 4.98 Å². The summed E-state index contributed by atoms with van der Waals surface area (Å²) in [7, 11) is 0. The first-order chi connectivity index (χ1) is 12.5. The molecule has 0 saturated carbocycles. The number of nitriles is 1. The molecule has 2 rings (SSSR count). The van der Waals surface area contributed by atoms with Gasteiger partial charge in [0.2, 0.25) is 0 Å². The van der Waals surface area contributed by atoms with Crippen LogP contribution in [0.3, 0.4) is 0 Å². The number of aromatic nitrogens is 1. The van der Waals surface area contributed by atoms with Crippen LogP contribution in [-0.4, -0.2) is 29.1 Å². The van der Waals surface area contributed by atoms with Crippen LogP contribution in [-0.2, 0) is 4.74 Å². The van der Waals surface area contributed by atoms with Gasteiger partial charge < -0.3 is 9.47 Å². The van der Waals surface area contributed by atoms with E-state index in [1.165, 1.54) is 0 Å². The fraction of sp³-hybridized carbons (Fsp3) is 0.167. The number of carbonyl (C=O) groups is 1. The van der Waals surface area contributed by atoms with Crippen LogP contribution in [0.5, 0.6) is 5.75 Å². The van der Waals surface area contributed by atoms with Crippen molar-refractivity contribution in [3.63, 3.8) is 0 Å². The Bertz CT molecular complexity index is 869. The summed E-state index contributed by atoms with van der Waals surface area (Å²) in [6, 6.07) is 9.95. The van der Waals surface area contributed by atoms with Gasteiger partial charge >= 0.3 is 5.97 Å². The molecule has 8 heteroatoms. The lowest BCUT2D eigenvalue weighted by molar-refractivity contribution is -0.385. The van der Waals surface area contributed by atoms with Crippen molar-refractivity contribution in [2.75, 3.05) is 13.2 Å². The highest BCUT2D eigenvalue weighted by atomic mass is 16.6. The molecule has 0 bridgehead atoms. The van der Waals surface area contributed by atoms with Crippen LogP contribution >= 0.6 is 0 Å². The molecule has 0 spiro atoms. The Hall–Kier alpha value is -3.73. The summed E-state index contributed by atoms with van der Waals surface area (Å²) in [5.74, 6) is -0.118. The van der Waals surface area contributed by atoms with Crippen molar-refractivity contribution in [3.8, 4) is 11.8 Å². The lowest BCUT2D eigenvalue weighted by atomic mass is 10.1. The molecule has 0 unspecified atom stereocenters. The van der Waals surface area contributed by atoms with Gasteiger partial charge in [-0.1, -0.05) is 18.2 Å². The fourth-order valence-corrected chi connectivity index (χ4v) is 2.04. The maximum Gasteiger partial charge on any atom is 0.340 e. The minimum Gasteiger partial charge on any atom is -0.479 e. The van der Waals surface area contributed by atoms with E-state index in [0.29, 0.717) is 5.75 Å². The third kappa shape index (κ3) is 4.88. The summed E-state index contributed by atoms with van der Waals surface area (Å²) in [5, 5.41) is 19.4. The SMILES string of the molecule is CCOC(=O)c1cc([N+](=O)[O-])cnc1/C=C/c1ccc(OCC#N)cc1. The van der Waals surface area contributed by atoms with E-state index in [1.807, 2.05) is 6.07 Å². The van der Waals surface area contributed by atoms with E-state index < -0.39 is 10.9 Å². The first-order valence-electron chi connectivity index (χ1n) is 7.64. The second-order valence-corrected chi connectivity index (χ2v) is 4.95. The number of nitro groups is 1. The second-order valence-electron chi connectivity index (χ2n) is 4.95. The molecular weight excluding hydrogens is 338 g/mol. The minimum atomic E-state index is -0.677. The molecule has 2 aromatic rings. The van der Waals surface area contributed by atoms with E-state index in [9.17, 15) is 14.9 Å². The number of carbonyl (C=O) groups excluding carboxylic acids is 1. The van der Waals surface area contributed by atoms with Gasteiger partial charge in [-0.05, 0) is 30.7 Å². The maximum atomic E-state index is 12.0. The highest BCUT2D eigenvalue weighted by molar-refractivity contribution is 5.94. The van der Waals surface area contributed by atoms with E-state index in [1.54, 1.807) is 43.3 Å². The average Bonchev–Trinajstić information content (AvgIpc) is 2.65. The summed E-state index contributed by atoms with van der Waals surface area (Å²) in [6.45, 7) is 1.76. The smallest absolute Gasteiger partial charge is 0.340 e. The number of rotatable bonds is 7. The molecule has 0 radical (unpaired) electrons. The van der Waals surface area contributed by atoms with Gasteiger partial charge in [0.15, 0.2) is 6.61 Å². The zero-order chi connectivity index (χ0) is 18.9. The van der Waals surface area contributed by atoms with Gasteiger partial charge in [-0.25, -0.2) is 9.78 Å². The van der Waals surface area contributed by atoms with Crippen molar-refractivity contribution in [1.29, 1.82) is 5.26 Å². The van der Waals surface area contributed by atoms with Gasteiger partial charge in [-0.15, -0.1) is 0 Å². The van der Waals surface area contributed by atoms with Gasteiger partial charge in [0.25, 0.3) is 5.69 Å². The summed E-state index contributed by atoms with van der Waals surface area (Å²) >= 11 is 0. The molecule has 1 heterocycles. The number of pyridine rings is 1. The molecule has 0 fully saturated rings. The van der Waals surface area contributed by atoms with E-state index in [4.69, 9.17) is 14.7 Å². The summed E-state index contributed by atoms with van der Waals surface area (Å²) < 4.78 is 10.1. The summed E-state index contributed by atoms with van der Waals surface area (Å²) in [5.41, 5.74) is 0.790. The zero-order valence-corrected chi connectivity index (χ0v) is 13.9. The molecule has 26 heavy (non-hydrogen) atoms. The normalized spacial score (nSPS) is 10.3. The fourth-order valence-electron chi connectivity index (χ4n) is 2.04. The van der Waals surface area contributed by atoms with Crippen LogP contribution in [0.15, 0.2) is 36.5 Å². The summed E-state index contributed by atoms with van der Waals surface area (Å²) in [6.07, 6.45) is 4.35. The second kappa shape index (κ2) is 8.94. The van der Waals surface area contributed by atoms with Gasteiger partial charge in [0.05, 0.1) is 22.8 Å². The molecule has 1 aromatic heterocycles. The zero-order valence-electron chi connectivity index (χ0n) is 13.9. The number of benzene rings is 1. The van der Waals surface area contributed by atoms with E-state index >= 15 is 0 Å². The maximum absolute atomic E-state index is 12.0. The number of esters is 1. The molecular formula is C18H15N3O5. The average molecular weight is 353 g/mol. The largest absolute Gasteiger partial charge is 0.479 e. The predicted molar refractivity (Wildman–Crippen MR) is 93.3 cm³/mol. The van der Waals surface area contributed by atoms with Crippen molar-refractivity contribution < 1.29 is 19.2 Å². The number of hydrogen-bond donors (Lipinski definition) is 0. The third-order valence-corrected chi connectivity index (χ3v) is 3.23. The van der Waals surface area contributed by atoms with Crippen molar-refractivity contribution in [2.45, 2.75) is 6.92 Å². The van der Waals surface area contributed by atoms with Crippen LogP contribution in [0.1, 0.15) is 28.5 Å². The molecule has 0 aliphatic carbocycles.